The molecule has 0 saturated heterocycles. The molecule has 2 aromatic carbocycles. The Morgan fingerprint density at radius 3 is 2.16 bits per heavy atom. The lowest BCUT2D eigenvalue weighted by Crippen LogP contribution is -1.97. The summed E-state index contributed by atoms with van der Waals surface area (Å²) in [6.07, 6.45) is 12.5. The Hall–Kier alpha value is -2.02. The molecule has 0 aliphatic rings. The molecule has 0 atom stereocenters. The molecular weight excluding hydrogens is 304 g/mol. The van der Waals surface area contributed by atoms with Gasteiger partial charge in [-0.2, -0.15) is 0 Å². The van der Waals surface area contributed by atoms with E-state index < -0.39 is 0 Å². The summed E-state index contributed by atoms with van der Waals surface area (Å²) < 4.78 is 5.95. The highest BCUT2D eigenvalue weighted by Gasteiger charge is 2.01. The Morgan fingerprint density at radius 1 is 0.800 bits per heavy atom. The van der Waals surface area contributed by atoms with Crippen molar-refractivity contribution in [3.05, 3.63) is 60.7 Å². The molecule has 134 valence electrons. The van der Waals surface area contributed by atoms with Crippen molar-refractivity contribution in [1.29, 1.82) is 0 Å². The van der Waals surface area contributed by atoms with E-state index >= 15 is 0 Å². The molecule has 0 aliphatic heterocycles. The van der Waals surface area contributed by atoms with Gasteiger partial charge >= 0.3 is 0 Å². The molecule has 0 radical (unpaired) electrons. The van der Waals surface area contributed by atoms with Crippen LogP contribution < -0.4 is 4.74 Å². The molecule has 1 heteroatoms. The van der Waals surface area contributed by atoms with Gasteiger partial charge in [0.05, 0.1) is 6.61 Å². The summed E-state index contributed by atoms with van der Waals surface area (Å²) in [7, 11) is 0. The first-order valence-electron chi connectivity index (χ1n) is 9.79. The van der Waals surface area contributed by atoms with Crippen LogP contribution in [-0.2, 0) is 0 Å². The zero-order valence-corrected chi connectivity index (χ0v) is 15.7. The molecule has 0 N–H and O–H groups in total. The van der Waals surface area contributed by atoms with Gasteiger partial charge in [0, 0.05) is 0 Å². The summed E-state index contributed by atoms with van der Waals surface area (Å²) >= 11 is 0. The standard InChI is InChI=1S/C24H32O/c1-3-5-6-7-8-9-10-11-18-25-24-17-13-16-23(20-24)22-15-12-14-21(4-2)19-22/h4,12-17,19-20H,2-3,5-11,18H2,1H3. The second-order valence-corrected chi connectivity index (χ2v) is 6.68. The van der Waals surface area contributed by atoms with Gasteiger partial charge in [0.15, 0.2) is 0 Å². The predicted octanol–water partition coefficient (Wildman–Crippen LogP) is 7.52. The van der Waals surface area contributed by atoms with Gasteiger partial charge < -0.3 is 4.74 Å². The van der Waals surface area contributed by atoms with Crippen LogP contribution in [0.4, 0.5) is 0 Å². The van der Waals surface area contributed by atoms with Crippen molar-refractivity contribution in [2.45, 2.75) is 58.3 Å². The summed E-state index contributed by atoms with van der Waals surface area (Å²) in [5.41, 5.74) is 3.54. The molecule has 0 spiro atoms. The molecule has 0 unspecified atom stereocenters. The maximum atomic E-state index is 5.95. The molecule has 1 nitrogen and oxygen atoms in total. The number of hydrogen-bond donors (Lipinski definition) is 0. The van der Waals surface area contributed by atoms with E-state index in [4.69, 9.17) is 4.74 Å². The van der Waals surface area contributed by atoms with Crippen LogP contribution in [0.1, 0.15) is 63.9 Å². The van der Waals surface area contributed by atoms with Gasteiger partial charge in [-0.3, -0.25) is 0 Å². The molecular formula is C24H32O. The van der Waals surface area contributed by atoms with E-state index in [2.05, 4.69) is 56.0 Å². The SMILES string of the molecule is C=Cc1cccc(-c2cccc(OCCCCCCCCCC)c2)c1. The van der Waals surface area contributed by atoms with E-state index in [1.54, 1.807) is 0 Å². The number of rotatable bonds is 12. The lowest BCUT2D eigenvalue weighted by atomic mass is 10.0. The zero-order chi connectivity index (χ0) is 17.7. The van der Waals surface area contributed by atoms with Gasteiger partial charge in [-0.05, 0) is 41.3 Å². The Kier molecular flexibility index (Phi) is 8.90. The van der Waals surface area contributed by atoms with E-state index in [9.17, 15) is 0 Å². The van der Waals surface area contributed by atoms with E-state index in [0.717, 1.165) is 24.3 Å². The van der Waals surface area contributed by atoms with Crippen molar-refractivity contribution < 1.29 is 4.74 Å². The Morgan fingerprint density at radius 2 is 1.44 bits per heavy atom. The third-order valence-corrected chi connectivity index (χ3v) is 4.56. The third kappa shape index (κ3) is 7.17. The topological polar surface area (TPSA) is 9.23 Å². The Balaban J connectivity index is 1.73. The fourth-order valence-electron chi connectivity index (χ4n) is 3.04. The summed E-state index contributed by atoms with van der Waals surface area (Å²) in [6, 6.07) is 16.8. The fraction of sp³-hybridized carbons (Fsp3) is 0.417. The largest absolute Gasteiger partial charge is 0.494 e. The van der Waals surface area contributed by atoms with Gasteiger partial charge in [-0.15, -0.1) is 0 Å². The molecule has 0 aromatic heterocycles. The smallest absolute Gasteiger partial charge is 0.119 e. The van der Waals surface area contributed by atoms with Crippen LogP contribution in [0.25, 0.3) is 17.2 Å². The van der Waals surface area contributed by atoms with Gasteiger partial charge in [0.2, 0.25) is 0 Å². The molecule has 0 saturated carbocycles. The minimum atomic E-state index is 0.811. The van der Waals surface area contributed by atoms with Crippen LogP contribution in [0, 0.1) is 0 Å². The predicted molar refractivity (Wildman–Crippen MR) is 110 cm³/mol. The number of hydrogen-bond acceptors (Lipinski definition) is 1. The van der Waals surface area contributed by atoms with Crippen molar-refractivity contribution in [3.63, 3.8) is 0 Å². The summed E-state index contributed by atoms with van der Waals surface area (Å²) in [5.74, 6) is 0.962. The van der Waals surface area contributed by atoms with Crippen LogP contribution in [-0.4, -0.2) is 6.61 Å². The zero-order valence-electron chi connectivity index (χ0n) is 15.7. The maximum absolute atomic E-state index is 5.95. The van der Waals surface area contributed by atoms with Crippen molar-refractivity contribution in [3.8, 4) is 16.9 Å². The first-order chi connectivity index (χ1) is 12.3. The van der Waals surface area contributed by atoms with Crippen LogP contribution in [0.5, 0.6) is 5.75 Å². The molecule has 0 bridgehead atoms. The molecule has 0 heterocycles. The number of unbranched alkanes of at least 4 members (excludes halogenated alkanes) is 7. The second-order valence-electron chi connectivity index (χ2n) is 6.68. The highest BCUT2D eigenvalue weighted by atomic mass is 16.5. The minimum Gasteiger partial charge on any atom is -0.494 e. The van der Waals surface area contributed by atoms with Crippen molar-refractivity contribution in [2.24, 2.45) is 0 Å². The van der Waals surface area contributed by atoms with E-state index in [-0.39, 0.29) is 0 Å². The van der Waals surface area contributed by atoms with Gasteiger partial charge in [-0.25, -0.2) is 0 Å². The van der Waals surface area contributed by atoms with Crippen molar-refractivity contribution in [2.75, 3.05) is 6.61 Å². The summed E-state index contributed by atoms with van der Waals surface area (Å²) in [4.78, 5) is 0. The van der Waals surface area contributed by atoms with Gasteiger partial charge in [-0.1, -0.05) is 94.9 Å². The molecule has 0 fully saturated rings. The average Bonchev–Trinajstić information content (AvgIpc) is 2.67. The number of benzene rings is 2. The average molecular weight is 337 g/mol. The summed E-state index contributed by atoms with van der Waals surface area (Å²) in [6.45, 7) is 6.92. The highest BCUT2D eigenvalue weighted by molar-refractivity contribution is 5.68. The summed E-state index contributed by atoms with van der Waals surface area (Å²) in [5, 5.41) is 0. The van der Waals surface area contributed by atoms with Crippen LogP contribution in [0.2, 0.25) is 0 Å². The normalized spacial score (nSPS) is 10.6. The quantitative estimate of drug-likeness (QED) is 0.364. The van der Waals surface area contributed by atoms with Crippen molar-refractivity contribution in [1.82, 2.24) is 0 Å². The van der Waals surface area contributed by atoms with Gasteiger partial charge in [0.1, 0.15) is 5.75 Å². The molecule has 0 amide bonds. The fourth-order valence-corrected chi connectivity index (χ4v) is 3.04. The van der Waals surface area contributed by atoms with E-state index in [1.807, 2.05) is 12.1 Å². The molecule has 25 heavy (non-hydrogen) atoms. The van der Waals surface area contributed by atoms with E-state index in [0.29, 0.717) is 0 Å². The highest BCUT2D eigenvalue weighted by Crippen LogP contribution is 2.25. The molecule has 2 aromatic rings. The van der Waals surface area contributed by atoms with Crippen LogP contribution in [0.3, 0.4) is 0 Å². The third-order valence-electron chi connectivity index (χ3n) is 4.56. The lowest BCUT2D eigenvalue weighted by Gasteiger charge is -2.09. The number of ether oxygens (including phenoxy) is 1. The lowest BCUT2D eigenvalue weighted by molar-refractivity contribution is 0.304. The first-order valence-corrected chi connectivity index (χ1v) is 9.79. The first kappa shape index (κ1) is 19.3. The molecule has 0 aliphatic carbocycles. The maximum Gasteiger partial charge on any atom is 0.119 e. The van der Waals surface area contributed by atoms with E-state index in [1.165, 1.54) is 56.1 Å². The van der Waals surface area contributed by atoms with Crippen LogP contribution in [0.15, 0.2) is 55.1 Å². The Bertz CT molecular complexity index is 629. The Labute approximate surface area is 153 Å². The van der Waals surface area contributed by atoms with Crippen molar-refractivity contribution >= 4 is 6.08 Å². The van der Waals surface area contributed by atoms with Gasteiger partial charge in [0.25, 0.3) is 0 Å². The molecule has 2 rings (SSSR count). The monoisotopic (exact) mass is 336 g/mol. The van der Waals surface area contributed by atoms with Crippen LogP contribution >= 0.6 is 0 Å². The second kappa shape index (κ2) is 11.5. The minimum absolute atomic E-state index is 0.811.